The highest BCUT2D eigenvalue weighted by atomic mass is 35.5. The fourth-order valence-corrected chi connectivity index (χ4v) is 5.17. The molecule has 1 aliphatic heterocycles. The van der Waals surface area contributed by atoms with Gasteiger partial charge in [0.15, 0.2) is 5.83 Å². The molecule has 1 aromatic heterocycles. The minimum atomic E-state index is -0.667. The van der Waals surface area contributed by atoms with E-state index in [4.69, 9.17) is 17.0 Å². The molecule has 1 amide bonds. The number of halogens is 2. The van der Waals surface area contributed by atoms with Crippen LogP contribution in [0.3, 0.4) is 0 Å². The first-order chi connectivity index (χ1) is 15.9. The SMILES string of the molecule is C=CC(=O)N1CCN(/C(S)=C2\C=C(Cl)C(c3c(C4CC4)ccc4[nH]ncc34)=C(F)C2=N)CC1. The lowest BCUT2D eigenvalue weighted by molar-refractivity contribution is -0.127. The van der Waals surface area contributed by atoms with Crippen LogP contribution in [0.2, 0.25) is 0 Å². The Balaban J connectivity index is 1.52. The summed E-state index contributed by atoms with van der Waals surface area (Å²) >= 11 is 11.3. The zero-order valence-corrected chi connectivity index (χ0v) is 19.5. The predicted molar refractivity (Wildman–Crippen MR) is 132 cm³/mol. The summed E-state index contributed by atoms with van der Waals surface area (Å²) in [5.41, 5.74) is 2.88. The van der Waals surface area contributed by atoms with Crippen LogP contribution in [0.5, 0.6) is 0 Å². The van der Waals surface area contributed by atoms with Crippen molar-refractivity contribution in [1.29, 1.82) is 5.41 Å². The van der Waals surface area contributed by atoms with Gasteiger partial charge in [0.1, 0.15) is 5.71 Å². The molecule has 2 aromatic rings. The third-order valence-corrected chi connectivity index (χ3v) is 7.27. The zero-order valence-electron chi connectivity index (χ0n) is 17.9. The standard InChI is InChI=1S/C24H23ClFN5OS/c1-2-19(32)30-7-9-31(10-8-30)24(33)15-11-17(25)21(22(26)23(15)27)20-14(13-3-4-13)5-6-18-16(20)12-28-29-18/h2,5-6,11-13,27,33H,1,3-4,7-10H2,(H,28,29)/b24-15-,27-23?. The highest BCUT2D eigenvalue weighted by molar-refractivity contribution is 7.84. The monoisotopic (exact) mass is 483 g/mol. The minimum absolute atomic E-state index is 0.116. The van der Waals surface area contributed by atoms with Crippen LogP contribution in [0, 0.1) is 5.41 Å². The Morgan fingerprint density at radius 3 is 2.64 bits per heavy atom. The van der Waals surface area contributed by atoms with E-state index in [0.29, 0.717) is 48.3 Å². The summed E-state index contributed by atoms with van der Waals surface area (Å²) in [5, 5.41) is 17.2. The summed E-state index contributed by atoms with van der Waals surface area (Å²) < 4.78 is 15.8. The second kappa shape index (κ2) is 8.50. The average Bonchev–Trinajstić information content (AvgIpc) is 3.56. The van der Waals surface area contributed by atoms with Crippen LogP contribution in [0.25, 0.3) is 16.5 Å². The number of hydrogen-bond acceptors (Lipinski definition) is 5. The van der Waals surface area contributed by atoms with Gasteiger partial charge in [-0.3, -0.25) is 15.3 Å². The number of aromatic amines is 1. The number of piperazine rings is 1. The molecule has 1 aromatic carbocycles. The van der Waals surface area contributed by atoms with Crippen molar-refractivity contribution in [2.24, 2.45) is 0 Å². The Morgan fingerprint density at radius 2 is 1.97 bits per heavy atom. The number of carbonyl (C=O) groups excluding carboxylic acids is 1. The quantitative estimate of drug-likeness (QED) is 0.434. The average molecular weight is 484 g/mol. The van der Waals surface area contributed by atoms with Gasteiger partial charge in [-0.2, -0.15) is 5.10 Å². The van der Waals surface area contributed by atoms with Gasteiger partial charge in [-0.25, -0.2) is 4.39 Å². The van der Waals surface area contributed by atoms with Crippen LogP contribution in [-0.2, 0) is 4.79 Å². The van der Waals surface area contributed by atoms with Crippen molar-refractivity contribution in [1.82, 2.24) is 20.0 Å². The number of hydrogen-bond donors (Lipinski definition) is 3. The summed E-state index contributed by atoms with van der Waals surface area (Å²) in [4.78, 5) is 15.5. The molecule has 3 aliphatic rings. The Morgan fingerprint density at radius 1 is 1.27 bits per heavy atom. The Bertz CT molecular complexity index is 1280. The van der Waals surface area contributed by atoms with Crippen LogP contribution in [0.1, 0.15) is 29.9 Å². The molecule has 0 radical (unpaired) electrons. The maximum Gasteiger partial charge on any atom is 0.246 e. The Kier molecular flexibility index (Phi) is 5.66. The molecule has 33 heavy (non-hydrogen) atoms. The van der Waals surface area contributed by atoms with Crippen LogP contribution < -0.4 is 0 Å². The van der Waals surface area contributed by atoms with E-state index in [-0.39, 0.29) is 22.2 Å². The highest BCUT2D eigenvalue weighted by Gasteiger charge is 2.34. The highest BCUT2D eigenvalue weighted by Crippen LogP contribution is 2.49. The fourth-order valence-electron chi connectivity index (χ4n) is 4.51. The maximum absolute atomic E-state index is 15.8. The topological polar surface area (TPSA) is 76.1 Å². The van der Waals surface area contributed by atoms with Crippen LogP contribution >= 0.6 is 24.2 Å². The van der Waals surface area contributed by atoms with E-state index in [1.165, 1.54) is 6.08 Å². The van der Waals surface area contributed by atoms with E-state index >= 15 is 4.39 Å². The van der Waals surface area contributed by atoms with Crippen molar-refractivity contribution < 1.29 is 9.18 Å². The second-order valence-electron chi connectivity index (χ2n) is 8.45. The van der Waals surface area contributed by atoms with Crippen molar-refractivity contribution in [3.8, 4) is 0 Å². The van der Waals surface area contributed by atoms with E-state index in [9.17, 15) is 4.79 Å². The molecular formula is C24H23ClFN5OS. The van der Waals surface area contributed by atoms with E-state index in [2.05, 4.69) is 29.4 Å². The smallest absolute Gasteiger partial charge is 0.246 e. The molecule has 9 heteroatoms. The summed E-state index contributed by atoms with van der Waals surface area (Å²) in [6.45, 7) is 5.59. The number of rotatable bonds is 4. The number of amides is 1. The number of carbonyl (C=O) groups is 1. The third kappa shape index (κ3) is 3.81. The van der Waals surface area contributed by atoms with Crippen molar-refractivity contribution in [3.63, 3.8) is 0 Å². The summed E-state index contributed by atoms with van der Waals surface area (Å²) in [5.74, 6) is -0.416. The normalized spacial score (nSPS) is 20.9. The Labute approximate surface area is 201 Å². The molecule has 0 spiro atoms. The number of nitrogens with zero attached hydrogens (tertiary/aromatic N) is 3. The largest absolute Gasteiger partial charge is 0.362 e. The van der Waals surface area contributed by atoms with Crippen molar-refractivity contribution in [2.75, 3.05) is 26.2 Å². The maximum atomic E-state index is 15.8. The molecule has 0 atom stereocenters. The van der Waals surface area contributed by atoms with Gasteiger partial charge in [-0.1, -0.05) is 24.2 Å². The third-order valence-electron chi connectivity index (χ3n) is 6.45. The molecule has 170 valence electrons. The van der Waals surface area contributed by atoms with E-state index in [1.54, 1.807) is 17.2 Å². The molecule has 2 aliphatic carbocycles. The molecule has 0 unspecified atom stereocenters. The Hall–Kier alpha value is -2.84. The van der Waals surface area contributed by atoms with Gasteiger partial charge in [0, 0.05) is 48.3 Å². The van der Waals surface area contributed by atoms with Gasteiger partial charge in [-0.15, -0.1) is 12.6 Å². The molecule has 2 heterocycles. The summed E-state index contributed by atoms with van der Waals surface area (Å²) in [6, 6.07) is 3.96. The molecule has 6 nitrogen and oxygen atoms in total. The molecule has 5 rings (SSSR count). The molecule has 1 saturated heterocycles. The summed E-state index contributed by atoms with van der Waals surface area (Å²) in [7, 11) is 0. The van der Waals surface area contributed by atoms with Crippen molar-refractivity contribution in [2.45, 2.75) is 18.8 Å². The van der Waals surface area contributed by atoms with Crippen molar-refractivity contribution in [3.05, 3.63) is 69.6 Å². The lowest BCUT2D eigenvalue weighted by Gasteiger charge is -2.36. The lowest BCUT2D eigenvalue weighted by Crippen LogP contribution is -2.47. The van der Waals surface area contributed by atoms with Gasteiger partial charge in [-0.05, 0) is 42.5 Å². The number of allylic oxidation sites excluding steroid dienone is 5. The van der Waals surface area contributed by atoms with Crippen molar-refractivity contribution >= 4 is 52.3 Å². The first-order valence-corrected chi connectivity index (χ1v) is 11.7. The second-order valence-corrected chi connectivity index (χ2v) is 9.28. The molecular weight excluding hydrogens is 461 g/mol. The number of fused-ring (bicyclic) bond motifs is 1. The van der Waals surface area contributed by atoms with Gasteiger partial charge >= 0.3 is 0 Å². The molecule has 0 bridgehead atoms. The van der Waals surface area contributed by atoms with Gasteiger partial charge < -0.3 is 9.80 Å². The number of aromatic nitrogens is 2. The zero-order chi connectivity index (χ0) is 23.3. The summed E-state index contributed by atoms with van der Waals surface area (Å²) in [6.07, 6.45) is 6.71. The first-order valence-electron chi connectivity index (χ1n) is 10.8. The number of thiol groups is 1. The molecule has 2 N–H and O–H groups in total. The molecule has 2 fully saturated rings. The van der Waals surface area contributed by atoms with Gasteiger partial charge in [0.05, 0.1) is 21.8 Å². The van der Waals surface area contributed by atoms with E-state index < -0.39 is 5.83 Å². The van der Waals surface area contributed by atoms with Crippen LogP contribution in [-0.4, -0.2) is 57.8 Å². The fraction of sp³-hybridized carbons (Fsp3) is 0.292. The number of nitrogens with one attached hydrogen (secondary N) is 2. The number of H-pyrrole nitrogens is 1. The van der Waals surface area contributed by atoms with E-state index in [0.717, 1.165) is 29.3 Å². The van der Waals surface area contributed by atoms with Gasteiger partial charge in [0.25, 0.3) is 0 Å². The first kappa shape index (κ1) is 22.0. The van der Waals surface area contributed by atoms with Gasteiger partial charge in [0.2, 0.25) is 5.91 Å². The predicted octanol–water partition coefficient (Wildman–Crippen LogP) is 4.75. The lowest BCUT2D eigenvalue weighted by atomic mass is 9.88. The van der Waals surface area contributed by atoms with Crippen LogP contribution in [0.4, 0.5) is 4.39 Å². The molecule has 1 saturated carbocycles. The minimum Gasteiger partial charge on any atom is -0.362 e. The van der Waals surface area contributed by atoms with E-state index in [1.807, 2.05) is 17.0 Å². The van der Waals surface area contributed by atoms with Crippen LogP contribution in [0.15, 0.2) is 58.5 Å². The number of benzene rings is 1.